The number of rotatable bonds is 22. The van der Waals surface area contributed by atoms with E-state index < -0.39 is 57.4 Å². The number of hydrogen-bond donors (Lipinski definition) is 5. The fourth-order valence-electron chi connectivity index (χ4n) is 5.73. The number of amides is 6. The number of unbranched alkanes of at least 4 members (excludes halogenated alkanes) is 1. The monoisotopic (exact) mass is 865 g/mol. The zero-order chi connectivity index (χ0) is 40.0. The molecule has 0 aromatic heterocycles. The van der Waals surface area contributed by atoms with Gasteiger partial charge in [0.15, 0.2) is 5.25 Å². The molecule has 5 atom stereocenters. The van der Waals surface area contributed by atoms with Gasteiger partial charge in [0.2, 0.25) is 5.91 Å². The minimum Gasteiger partial charge on any atom is -0.862 e. The molecule has 4 rings (SSSR count). The molecule has 56 heavy (non-hydrogen) atoms. The molecule has 0 spiro atoms. The number of fused-ring (bicyclic) bond motifs is 1. The van der Waals surface area contributed by atoms with Gasteiger partial charge in [-0.15, -0.1) is 5.06 Å². The Bertz CT molecular complexity index is 1790. The number of carbonyl (C=O) groups is 6. The molecule has 3 saturated heterocycles. The van der Waals surface area contributed by atoms with Crippen LogP contribution in [0.25, 0.3) is 10.4 Å². The van der Waals surface area contributed by atoms with E-state index in [2.05, 4.69) is 41.1 Å². The van der Waals surface area contributed by atoms with E-state index in [0.29, 0.717) is 29.5 Å². The summed E-state index contributed by atoms with van der Waals surface area (Å²) >= 11 is 1.82. The molecule has 1 aromatic rings. The van der Waals surface area contributed by atoms with E-state index in [1.54, 1.807) is 0 Å². The van der Waals surface area contributed by atoms with E-state index in [9.17, 15) is 42.3 Å². The Hall–Kier alpha value is -3.22. The van der Waals surface area contributed by atoms with Crippen molar-refractivity contribution in [3.05, 3.63) is 40.3 Å². The van der Waals surface area contributed by atoms with Gasteiger partial charge >= 0.3 is 41.6 Å². The molecule has 300 valence electrons. The fraction of sp³-hybridized carbons (Fsp3) is 0.581. The summed E-state index contributed by atoms with van der Waals surface area (Å²) in [7, 11) is -2.31. The standard InChI is InChI=1S/C31H41N9O11S4.Na/c32-39-38-19-9-7-18(8-10-19)28(44)35-20(4-3-12-33-24(41)6-2-1-5-22-27-21(17-52-22)36-31(47)37-27)29(45)34-13-15-54-53-14-11-26(43)51-40-25(42)16-23(30(40)46)55(48,49)50;/h7-10,20-23,27H,1-6,11-17H2,(H,33,41)(H,34,45)(H,35,44)(H2,36,37,47)(H,48,49,50);/q;+1/p-1. The van der Waals surface area contributed by atoms with Gasteiger partial charge in [-0.25, -0.2) is 9.59 Å². The first-order valence-electron chi connectivity index (χ1n) is 17.2. The van der Waals surface area contributed by atoms with Crippen molar-refractivity contribution in [2.24, 2.45) is 10.1 Å². The van der Waals surface area contributed by atoms with E-state index in [4.69, 9.17) is 10.1 Å². The molecule has 25 heteroatoms. The number of urea groups is 1. The van der Waals surface area contributed by atoms with Crippen molar-refractivity contribution < 1.29 is 81.2 Å². The average molecular weight is 866 g/mol. The third kappa shape index (κ3) is 14.6. The van der Waals surface area contributed by atoms with Crippen LogP contribution in [0.1, 0.15) is 61.7 Å². The Labute approximate surface area is 356 Å². The van der Waals surface area contributed by atoms with E-state index in [-0.39, 0.29) is 102 Å². The maximum absolute atomic E-state index is 13.1. The zero-order valence-corrected chi connectivity index (χ0v) is 35.6. The Kier molecular flexibility index (Phi) is 19.6. The van der Waals surface area contributed by atoms with Crippen LogP contribution in [-0.2, 0) is 34.1 Å². The predicted octanol–water partition coefficient (Wildman–Crippen LogP) is -1.64. The Morgan fingerprint density at radius 2 is 1.84 bits per heavy atom. The summed E-state index contributed by atoms with van der Waals surface area (Å²) in [5.41, 5.74) is 9.15. The van der Waals surface area contributed by atoms with Crippen molar-refractivity contribution in [2.75, 3.05) is 30.3 Å². The molecule has 5 unspecified atom stereocenters. The second kappa shape index (κ2) is 23.3. The van der Waals surface area contributed by atoms with Gasteiger partial charge in [0.05, 0.1) is 24.9 Å². The van der Waals surface area contributed by atoms with Crippen molar-refractivity contribution in [3.8, 4) is 0 Å². The van der Waals surface area contributed by atoms with Crippen LogP contribution in [0.15, 0.2) is 34.4 Å². The quantitative estimate of drug-likeness (QED) is 0.00747. The number of nitrogens with one attached hydrogen (secondary N) is 4. The predicted molar refractivity (Wildman–Crippen MR) is 202 cm³/mol. The van der Waals surface area contributed by atoms with Crippen LogP contribution in [-0.4, -0.2) is 119 Å². The summed E-state index contributed by atoms with van der Waals surface area (Å²) in [5, 5.41) is 25.5. The first kappa shape index (κ1) is 47.2. The van der Waals surface area contributed by atoms with Gasteiger partial charge in [-0.3, -0.25) is 23.7 Å². The van der Waals surface area contributed by atoms with Gasteiger partial charge in [-0.05, 0) is 55.7 Å². The topological polar surface area (TPSA) is 302 Å². The summed E-state index contributed by atoms with van der Waals surface area (Å²) in [6, 6.07) is 4.99. The van der Waals surface area contributed by atoms with E-state index >= 15 is 0 Å². The van der Waals surface area contributed by atoms with Crippen LogP contribution in [0.3, 0.4) is 0 Å². The maximum atomic E-state index is 13.1. The Balaban J connectivity index is 0.00000841. The molecule has 0 radical (unpaired) electrons. The summed E-state index contributed by atoms with van der Waals surface area (Å²) < 4.78 is 31.5. The third-order valence-corrected chi connectivity index (χ3v) is 13.5. The zero-order valence-electron chi connectivity index (χ0n) is 30.3. The van der Waals surface area contributed by atoms with Crippen LogP contribution in [0.4, 0.5) is 10.5 Å². The second-order valence-corrected chi connectivity index (χ2v) is 18.0. The van der Waals surface area contributed by atoms with Crippen LogP contribution in [0.2, 0.25) is 0 Å². The maximum Gasteiger partial charge on any atom is 1.00 e. The molecule has 0 saturated carbocycles. The van der Waals surface area contributed by atoms with Crippen molar-refractivity contribution in [3.63, 3.8) is 0 Å². The molecule has 3 aliphatic rings. The largest absolute Gasteiger partial charge is 1.00 e. The van der Waals surface area contributed by atoms with E-state index in [1.165, 1.54) is 45.9 Å². The molecule has 0 aliphatic carbocycles. The fourth-order valence-corrected chi connectivity index (χ4v) is 9.85. The third-order valence-electron chi connectivity index (χ3n) is 8.49. The molecular formula is C31H40N9NaO11S4. The number of nitrogens with zero attached hydrogens (tertiary/aromatic N) is 5. The number of carbonyl (C=O) groups excluding carboxylic acids is 6. The molecule has 0 bridgehead atoms. The van der Waals surface area contributed by atoms with Crippen LogP contribution < -0.4 is 55.9 Å². The number of thioether (sulfide) groups is 1. The SMILES string of the molecule is [N-]=[N+]=Nc1ccc(C(=O)NC(CCCN=C([O-])CCCCC2SCC3NC(=O)NC32)C(=O)NCCSSCCC(=O)ON2C(=O)CC(S(=O)(=O)O)C2=O)cc1.[Na+]. The minimum atomic E-state index is -4.84. The van der Waals surface area contributed by atoms with Gasteiger partial charge in [0.25, 0.3) is 27.8 Å². The van der Waals surface area contributed by atoms with E-state index in [0.717, 1.165) is 18.6 Å². The summed E-state index contributed by atoms with van der Waals surface area (Å²) in [5.74, 6) is -3.19. The first-order chi connectivity index (χ1) is 26.3. The van der Waals surface area contributed by atoms with Gasteiger partial charge in [0.1, 0.15) is 6.04 Å². The molecule has 3 fully saturated rings. The average Bonchev–Trinajstić information content (AvgIpc) is 3.79. The van der Waals surface area contributed by atoms with Crippen molar-refractivity contribution in [1.82, 2.24) is 26.3 Å². The number of imide groups is 1. The van der Waals surface area contributed by atoms with Crippen LogP contribution in [0.5, 0.6) is 0 Å². The van der Waals surface area contributed by atoms with Gasteiger partial charge in [-0.1, -0.05) is 45.3 Å². The molecular weight excluding hydrogens is 826 g/mol. The van der Waals surface area contributed by atoms with Crippen molar-refractivity contribution in [1.29, 1.82) is 0 Å². The number of azide groups is 1. The Morgan fingerprint density at radius 3 is 2.54 bits per heavy atom. The first-order valence-corrected chi connectivity index (χ1v) is 22.2. The number of hydrogen-bond acceptors (Lipinski definition) is 15. The molecule has 5 N–H and O–H groups in total. The van der Waals surface area contributed by atoms with Crippen molar-refractivity contribution in [2.45, 2.75) is 80.0 Å². The van der Waals surface area contributed by atoms with Gasteiger partial charge in [0, 0.05) is 51.8 Å². The Morgan fingerprint density at radius 1 is 1.11 bits per heavy atom. The molecule has 3 aliphatic heterocycles. The summed E-state index contributed by atoms with van der Waals surface area (Å²) in [4.78, 5) is 85.1. The molecule has 20 nitrogen and oxygen atoms in total. The molecule has 1 aromatic carbocycles. The summed E-state index contributed by atoms with van der Waals surface area (Å²) in [6.07, 6.45) is 2.11. The van der Waals surface area contributed by atoms with Crippen LogP contribution >= 0.6 is 33.3 Å². The van der Waals surface area contributed by atoms with Gasteiger partial charge in [-0.2, -0.15) is 20.2 Å². The number of benzene rings is 1. The minimum absolute atomic E-state index is 0. The normalized spacial score (nSPS) is 20.9. The molecule has 3 heterocycles. The van der Waals surface area contributed by atoms with Crippen molar-refractivity contribution >= 4 is 90.7 Å². The summed E-state index contributed by atoms with van der Waals surface area (Å²) in [6.45, 7) is 0.351. The number of aliphatic imine (C=N–C) groups is 1. The van der Waals surface area contributed by atoms with E-state index in [1.807, 2.05) is 11.8 Å². The molecule has 6 amide bonds. The van der Waals surface area contributed by atoms with Crippen LogP contribution in [0, 0.1) is 0 Å². The van der Waals surface area contributed by atoms with Gasteiger partial charge < -0.3 is 36.2 Å². The second-order valence-electron chi connectivity index (χ2n) is 12.4. The number of hydroxylamine groups is 2. The smallest absolute Gasteiger partial charge is 0.862 e.